The van der Waals surface area contributed by atoms with Crippen molar-refractivity contribution in [1.82, 2.24) is 0 Å². The zero-order chi connectivity index (χ0) is 48.9. The van der Waals surface area contributed by atoms with Crippen molar-refractivity contribution in [3.05, 3.63) is 38.0 Å². The molecule has 0 aromatic rings. The van der Waals surface area contributed by atoms with Crippen LogP contribution >= 0.6 is 0 Å². The van der Waals surface area contributed by atoms with Crippen LogP contribution in [0.15, 0.2) is 38.0 Å². The van der Waals surface area contributed by atoms with Crippen LogP contribution in [-0.2, 0) is 28.4 Å². The first-order chi connectivity index (χ1) is 32.1. The normalized spacial score (nSPS) is 50.7. The van der Waals surface area contributed by atoms with E-state index in [1.165, 1.54) is 89.9 Å². The van der Waals surface area contributed by atoms with Gasteiger partial charge in [0, 0.05) is 42.6 Å². The molecule has 0 amide bonds. The summed E-state index contributed by atoms with van der Waals surface area (Å²) in [5.41, 5.74) is 2.71. The molecule has 0 aromatic heterocycles. The maximum absolute atomic E-state index is 9.81. The van der Waals surface area contributed by atoms with Crippen molar-refractivity contribution in [2.45, 2.75) is 252 Å². The van der Waals surface area contributed by atoms with Crippen molar-refractivity contribution in [2.24, 2.45) is 66.5 Å². The summed E-state index contributed by atoms with van der Waals surface area (Å²) >= 11 is 0. The fourth-order valence-corrected chi connectivity index (χ4v) is 19.2. The number of hydrogen-bond acceptors (Lipinski definition) is 7. The molecule has 5 unspecified atom stereocenters. The largest absolute Gasteiger partial charge is 0.393 e. The zero-order valence-electron chi connectivity index (χ0n) is 45.3. The maximum atomic E-state index is 9.81. The average Bonchev–Trinajstić information content (AvgIpc) is 4.20. The Labute approximate surface area is 415 Å². The highest BCUT2D eigenvalue weighted by Gasteiger charge is 2.69. The van der Waals surface area contributed by atoms with E-state index in [0.717, 1.165) is 102 Å². The summed E-state index contributed by atoms with van der Waals surface area (Å²) in [6.07, 6.45) is 35.6. The van der Waals surface area contributed by atoms with Crippen LogP contribution in [0.4, 0.5) is 0 Å². The van der Waals surface area contributed by atoms with E-state index < -0.39 is 0 Å². The number of rotatable bonds is 11. The van der Waals surface area contributed by atoms with E-state index >= 15 is 0 Å². The lowest BCUT2D eigenvalue weighted by Gasteiger charge is -2.46. The van der Waals surface area contributed by atoms with Crippen molar-refractivity contribution in [1.29, 1.82) is 0 Å². The van der Waals surface area contributed by atoms with Gasteiger partial charge < -0.3 is 33.5 Å². The van der Waals surface area contributed by atoms with E-state index in [0.29, 0.717) is 39.3 Å². The summed E-state index contributed by atoms with van der Waals surface area (Å²) in [6, 6.07) is 0. The minimum Gasteiger partial charge on any atom is -0.393 e. The molecule has 12 aliphatic rings. The number of ether oxygens (including phenoxy) is 6. The summed E-state index contributed by atoms with van der Waals surface area (Å²) in [5.74, 6) is 1.54. The van der Waals surface area contributed by atoms with Gasteiger partial charge in [-0.1, -0.05) is 80.5 Å². The van der Waals surface area contributed by atoms with E-state index in [2.05, 4.69) is 94.2 Å². The summed E-state index contributed by atoms with van der Waals surface area (Å²) in [4.78, 5) is 0. The first-order valence-electron chi connectivity index (χ1n) is 28.4. The van der Waals surface area contributed by atoms with Gasteiger partial charge in [-0.25, -0.2) is 0 Å². The molecule has 6 bridgehead atoms. The van der Waals surface area contributed by atoms with Gasteiger partial charge in [0.15, 0.2) is 17.4 Å². The van der Waals surface area contributed by atoms with E-state index in [1.807, 2.05) is 6.08 Å². The molecule has 3 aliphatic heterocycles. The van der Waals surface area contributed by atoms with Gasteiger partial charge in [0.25, 0.3) is 0 Å². The topological polar surface area (TPSA) is 75.6 Å². The third-order valence-electron chi connectivity index (χ3n) is 25.4. The SMILES string of the molecule is C=CCC12CCCC1(OC)OCC2.C=CC[C@@]12CCC[C@]1(O[C@@H]1CC3CC[C@]1(C)C3(C)C)OCC2.C=CC[C@]12CCC[C@@]1(O[C@@H]1CC3CC[C@]1(C)C3(C)C)OCC2.CC1(C)C2CC[C@@]1(C)[C@H](O)C2. The second-order valence-electron chi connectivity index (χ2n) is 27.7. The molecule has 12 rings (SSSR count). The van der Waals surface area contributed by atoms with Gasteiger partial charge >= 0.3 is 0 Å². The Hall–Kier alpha value is -1.06. The fourth-order valence-electron chi connectivity index (χ4n) is 19.2. The third kappa shape index (κ3) is 7.21. The molecule has 0 spiro atoms. The monoisotopic (exact) mass is 945 g/mol. The second kappa shape index (κ2) is 17.8. The molecule has 12 fully saturated rings. The third-order valence-corrected chi connectivity index (χ3v) is 25.4. The second-order valence-corrected chi connectivity index (χ2v) is 27.7. The van der Waals surface area contributed by atoms with Crippen LogP contribution in [0.5, 0.6) is 0 Å². The molecule has 9 aliphatic carbocycles. The van der Waals surface area contributed by atoms with Gasteiger partial charge in [-0.3, -0.25) is 0 Å². The van der Waals surface area contributed by atoms with Crippen molar-refractivity contribution in [2.75, 3.05) is 26.9 Å². The molecule has 7 heteroatoms. The van der Waals surface area contributed by atoms with E-state index in [9.17, 15) is 5.11 Å². The van der Waals surface area contributed by atoms with Gasteiger partial charge in [0.05, 0.1) is 38.1 Å². The van der Waals surface area contributed by atoms with Crippen LogP contribution in [0, 0.1) is 66.5 Å². The Morgan fingerprint density at radius 2 is 0.794 bits per heavy atom. The summed E-state index contributed by atoms with van der Waals surface area (Å²) in [7, 11) is 1.77. The van der Waals surface area contributed by atoms with Crippen LogP contribution < -0.4 is 0 Å². The van der Waals surface area contributed by atoms with Gasteiger partial charge in [-0.2, -0.15) is 0 Å². The van der Waals surface area contributed by atoms with E-state index in [4.69, 9.17) is 28.4 Å². The number of methoxy groups -OCH3 is 1. The summed E-state index contributed by atoms with van der Waals surface area (Å²) in [5, 5.41) is 9.81. The lowest BCUT2D eigenvalue weighted by atomic mass is 9.69. The molecule has 7 nitrogen and oxygen atoms in total. The molecule has 3 saturated heterocycles. The molecule has 1 N–H and O–H groups in total. The van der Waals surface area contributed by atoms with Gasteiger partial charge in [-0.05, 0) is 185 Å². The predicted octanol–water partition coefficient (Wildman–Crippen LogP) is 14.9. The summed E-state index contributed by atoms with van der Waals surface area (Å²) in [6.45, 7) is 36.1. The van der Waals surface area contributed by atoms with Gasteiger partial charge in [0.1, 0.15) is 0 Å². The smallest absolute Gasteiger partial charge is 0.174 e. The van der Waals surface area contributed by atoms with Crippen molar-refractivity contribution < 1.29 is 33.5 Å². The highest BCUT2D eigenvalue weighted by molar-refractivity contribution is 5.16. The first-order valence-corrected chi connectivity index (χ1v) is 28.4. The highest BCUT2D eigenvalue weighted by atomic mass is 16.7. The minimum atomic E-state index is -0.310. The average molecular weight is 945 g/mol. The van der Waals surface area contributed by atoms with Crippen LogP contribution in [0.2, 0.25) is 0 Å². The molecular weight excluding hydrogens is 845 g/mol. The quantitative estimate of drug-likeness (QED) is 0.207. The van der Waals surface area contributed by atoms with Crippen LogP contribution in [0.1, 0.15) is 216 Å². The molecule has 386 valence electrons. The Morgan fingerprint density at radius 3 is 1.07 bits per heavy atom. The zero-order valence-corrected chi connectivity index (χ0v) is 45.3. The summed E-state index contributed by atoms with van der Waals surface area (Å²) < 4.78 is 38.0. The molecule has 9 saturated carbocycles. The highest BCUT2D eigenvalue weighted by Crippen LogP contribution is 2.71. The van der Waals surface area contributed by atoms with E-state index in [1.54, 1.807) is 7.11 Å². The number of hydrogen-bond donors (Lipinski definition) is 1. The van der Waals surface area contributed by atoms with Gasteiger partial charge in [0.2, 0.25) is 0 Å². The van der Waals surface area contributed by atoms with E-state index in [-0.39, 0.29) is 45.1 Å². The maximum Gasteiger partial charge on any atom is 0.174 e. The predicted molar refractivity (Wildman–Crippen MR) is 274 cm³/mol. The van der Waals surface area contributed by atoms with Crippen molar-refractivity contribution in [3.8, 4) is 0 Å². The van der Waals surface area contributed by atoms with Crippen LogP contribution in [0.25, 0.3) is 0 Å². The lowest BCUT2D eigenvalue weighted by Crippen LogP contribution is -2.49. The first kappa shape index (κ1) is 51.8. The van der Waals surface area contributed by atoms with Crippen LogP contribution in [-0.4, -0.2) is 67.7 Å². The number of fused-ring (bicyclic) bond motifs is 9. The number of aliphatic hydroxyl groups excluding tert-OH is 1. The fraction of sp³-hybridized carbons (Fsp3) is 0.902. The number of allylic oxidation sites excluding steroid dienone is 3. The molecular formula is C61H100O7. The lowest BCUT2D eigenvalue weighted by molar-refractivity contribution is -0.286. The Bertz CT molecular complexity index is 1740. The van der Waals surface area contributed by atoms with Crippen LogP contribution in [0.3, 0.4) is 0 Å². The Morgan fingerprint density at radius 1 is 0.456 bits per heavy atom. The Kier molecular flexibility index (Phi) is 13.6. The Balaban J connectivity index is 0.000000118. The molecule has 0 radical (unpaired) electrons. The molecule has 3 heterocycles. The molecule has 15 atom stereocenters. The minimum absolute atomic E-state index is 0.0313. The standard InChI is InChI=1S/2C20H32O2.C11H18O2.C10H18O/c2*1-5-8-19-9-6-10-20(19,21-13-12-19)22-16-14-15-7-11-18(16,4)17(15,2)3;1-3-5-10-6-4-7-11(10,12-2)13-9-8-10;1-9(2)7-4-5-10(9,3)8(11)6-7/h2*5,15-16H,1,6-14H2,2-4H3;3H,1,4-9H2,2H3;7-8,11H,4-6H2,1-3H3/t15?,16-,18+,19+,20-;15?,16-,18+,19-,20+;;7?,8-,10+/m11.1/s1. The molecule has 68 heavy (non-hydrogen) atoms. The number of aliphatic hydroxyl groups is 1. The van der Waals surface area contributed by atoms with Gasteiger partial charge in [-0.15, -0.1) is 19.7 Å². The van der Waals surface area contributed by atoms with Crippen molar-refractivity contribution in [3.63, 3.8) is 0 Å². The molecule has 0 aromatic carbocycles. The van der Waals surface area contributed by atoms with Crippen molar-refractivity contribution >= 4 is 0 Å².